The van der Waals surface area contributed by atoms with Crippen molar-refractivity contribution in [3.05, 3.63) is 0 Å². The van der Waals surface area contributed by atoms with E-state index in [0.29, 0.717) is 25.7 Å². The van der Waals surface area contributed by atoms with Crippen molar-refractivity contribution in [2.75, 3.05) is 39.6 Å². The van der Waals surface area contributed by atoms with Gasteiger partial charge in [-0.1, -0.05) is 395 Å². The first-order chi connectivity index (χ1) is 49.9. The fourth-order valence-corrected chi connectivity index (χ4v) is 14.6. The SMILES string of the molecule is CCCCCCCCCCCCCCCCCCCCC(=O)O[C@H](COC(=O)CCCCCCCCCCC)COP(=O)(O)OC[C@H](O)COP(=O)(O)OC[C@@H](COC(=O)CCCCCCCCCCCCCCCCC(C)CC)OC(=O)CCCCCCCCCCCCCCCCC(C)CC. The van der Waals surface area contributed by atoms with E-state index in [-0.39, 0.29) is 25.7 Å². The van der Waals surface area contributed by atoms with Crippen LogP contribution in [0.15, 0.2) is 0 Å². The number of unbranched alkanes of at least 4 members (excludes halogenated alkanes) is 51. The Labute approximate surface area is 632 Å². The molecule has 3 N–H and O–H groups in total. The van der Waals surface area contributed by atoms with Crippen molar-refractivity contribution in [3.63, 3.8) is 0 Å². The van der Waals surface area contributed by atoms with Crippen molar-refractivity contribution in [3.8, 4) is 0 Å². The summed E-state index contributed by atoms with van der Waals surface area (Å²) in [4.78, 5) is 73.1. The zero-order valence-corrected chi connectivity index (χ0v) is 69.4. The summed E-state index contributed by atoms with van der Waals surface area (Å²) < 4.78 is 68.8. The zero-order valence-electron chi connectivity index (χ0n) is 67.6. The summed E-state index contributed by atoms with van der Waals surface area (Å²) in [5, 5.41) is 10.7. The van der Waals surface area contributed by atoms with E-state index in [9.17, 15) is 43.2 Å². The Kier molecular flexibility index (Phi) is 74.1. The molecule has 0 rings (SSSR count). The molecule has 0 aliphatic heterocycles. The monoisotopic (exact) mass is 1510 g/mol. The maximum Gasteiger partial charge on any atom is 0.472 e. The summed E-state index contributed by atoms with van der Waals surface area (Å²) in [5.41, 5.74) is 0. The second-order valence-corrected chi connectivity index (χ2v) is 33.6. The predicted molar refractivity (Wildman–Crippen MR) is 423 cm³/mol. The number of aliphatic hydroxyl groups excluding tert-OH is 1. The van der Waals surface area contributed by atoms with Crippen LogP contribution in [0, 0.1) is 11.8 Å². The molecular formula is C84H164O17P2. The van der Waals surface area contributed by atoms with Gasteiger partial charge in [-0.25, -0.2) is 9.13 Å². The highest BCUT2D eigenvalue weighted by Crippen LogP contribution is 2.45. The molecule has 0 aromatic heterocycles. The summed E-state index contributed by atoms with van der Waals surface area (Å²) in [6.45, 7) is 9.75. The largest absolute Gasteiger partial charge is 0.472 e. The van der Waals surface area contributed by atoms with E-state index in [1.807, 2.05) is 0 Å². The van der Waals surface area contributed by atoms with Gasteiger partial charge in [-0.2, -0.15) is 0 Å². The lowest BCUT2D eigenvalue weighted by atomic mass is 9.99. The lowest BCUT2D eigenvalue weighted by Gasteiger charge is -2.21. The van der Waals surface area contributed by atoms with E-state index in [4.69, 9.17) is 37.0 Å². The Morgan fingerprint density at radius 3 is 0.689 bits per heavy atom. The van der Waals surface area contributed by atoms with E-state index in [1.165, 1.54) is 263 Å². The van der Waals surface area contributed by atoms with Gasteiger partial charge in [-0.3, -0.25) is 37.3 Å². The van der Waals surface area contributed by atoms with Crippen LogP contribution >= 0.6 is 15.6 Å². The average molecular weight is 1510 g/mol. The Morgan fingerprint density at radius 2 is 0.466 bits per heavy atom. The maximum atomic E-state index is 13.1. The summed E-state index contributed by atoms with van der Waals surface area (Å²) in [5.74, 6) is -0.409. The number of carbonyl (C=O) groups is 4. The predicted octanol–water partition coefficient (Wildman–Crippen LogP) is 25.5. The molecule has 612 valence electrons. The third kappa shape index (κ3) is 75.3. The molecular weight excluding hydrogens is 1340 g/mol. The van der Waals surface area contributed by atoms with Crippen LogP contribution in [0.1, 0.15) is 446 Å². The molecule has 0 bridgehead atoms. The molecule has 0 saturated heterocycles. The molecule has 17 nitrogen and oxygen atoms in total. The molecule has 7 atom stereocenters. The topological polar surface area (TPSA) is 237 Å². The molecule has 0 aliphatic carbocycles. The number of phosphoric ester groups is 2. The first-order valence-corrected chi connectivity index (χ1v) is 46.6. The molecule has 0 aliphatic rings. The quantitative estimate of drug-likeness (QED) is 0.0222. The van der Waals surface area contributed by atoms with E-state index < -0.39 is 97.5 Å². The Hall–Kier alpha value is -1.94. The highest BCUT2D eigenvalue weighted by Gasteiger charge is 2.30. The minimum absolute atomic E-state index is 0.108. The van der Waals surface area contributed by atoms with Crippen molar-refractivity contribution in [2.45, 2.75) is 464 Å². The van der Waals surface area contributed by atoms with Gasteiger partial charge in [0.25, 0.3) is 0 Å². The van der Waals surface area contributed by atoms with Crippen molar-refractivity contribution in [1.82, 2.24) is 0 Å². The Bertz CT molecular complexity index is 1980. The molecule has 0 saturated carbocycles. The first kappa shape index (κ1) is 101. The van der Waals surface area contributed by atoms with Gasteiger partial charge in [0.15, 0.2) is 12.2 Å². The van der Waals surface area contributed by atoms with E-state index >= 15 is 0 Å². The second kappa shape index (κ2) is 75.5. The molecule has 0 spiro atoms. The summed E-state index contributed by atoms with van der Waals surface area (Å²) in [6.07, 6.45) is 66.4. The van der Waals surface area contributed by atoms with Crippen LogP contribution in [-0.4, -0.2) is 96.7 Å². The minimum Gasteiger partial charge on any atom is -0.462 e. The number of ether oxygens (including phenoxy) is 4. The number of carbonyl (C=O) groups excluding carboxylic acids is 4. The average Bonchev–Trinajstić information content (AvgIpc) is 0.984. The van der Waals surface area contributed by atoms with E-state index in [2.05, 4.69) is 41.5 Å². The van der Waals surface area contributed by atoms with Gasteiger partial charge in [0.1, 0.15) is 19.3 Å². The molecule has 4 unspecified atom stereocenters. The molecule has 0 fully saturated rings. The normalized spacial score (nSPS) is 14.4. The van der Waals surface area contributed by atoms with Crippen LogP contribution in [0.5, 0.6) is 0 Å². The number of hydrogen-bond acceptors (Lipinski definition) is 15. The smallest absolute Gasteiger partial charge is 0.462 e. The molecule has 103 heavy (non-hydrogen) atoms. The number of aliphatic hydroxyl groups is 1. The third-order valence-corrected chi connectivity index (χ3v) is 22.3. The number of phosphoric acid groups is 2. The zero-order chi connectivity index (χ0) is 75.6. The highest BCUT2D eigenvalue weighted by molar-refractivity contribution is 7.47. The van der Waals surface area contributed by atoms with Gasteiger partial charge in [0.2, 0.25) is 0 Å². The van der Waals surface area contributed by atoms with Crippen LogP contribution in [-0.2, 0) is 65.4 Å². The maximum absolute atomic E-state index is 13.1. The molecule has 0 heterocycles. The van der Waals surface area contributed by atoms with E-state index in [1.54, 1.807) is 0 Å². The van der Waals surface area contributed by atoms with Gasteiger partial charge in [0, 0.05) is 25.7 Å². The van der Waals surface area contributed by atoms with Crippen LogP contribution in [0.3, 0.4) is 0 Å². The lowest BCUT2D eigenvalue weighted by molar-refractivity contribution is -0.161. The van der Waals surface area contributed by atoms with Gasteiger partial charge < -0.3 is 33.8 Å². The van der Waals surface area contributed by atoms with Crippen LogP contribution < -0.4 is 0 Å². The highest BCUT2D eigenvalue weighted by atomic mass is 31.2. The van der Waals surface area contributed by atoms with Gasteiger partial charge in [-0.15, -0.1) is 0 Å². The van der Waals surface area contributed by atoms with Crippen molar-refractivity contribution in [2.24, 2.45) is 11.8 Å². The molecule has 0 aromatic rings. The van der Waals surface area contributed by atoms with Gasteiger partial charge in [-0.05, 0) is 37.5 Å². The number of rotatable bonds is 83. The van der Waals surface area contributed by atoms with Crippen molar-refractivity contribution in [1.29, 1.82) is 0 Å². The Balaban J connectivity index is 5.22. The molecule has 0 aromatic carbocycles. The molecule has 0 amide bonds. The molecule has 0 radical (unpaired) electrons. The van der Waals surface area contributed by atoms with Gasteiger partial charge >= 0.3 is 39.5 Å². The Morgan fingerprint density at radius 1 is 0.272 bits per heavy atom. The van der Waals surface area contributed by atoms with E-state index in [0.717, 1.165) is 102 Å². The second-order valence-electron chi connectivity index (χ2n) is 30.7. The summed E-state index contributed by atoms with van der Waals surface area (Å²) >= 11 is 0. The standard InChI is InChI=1S/C84H164O17P2/c1-7-11-13-15-17-19-20-21-22-23-24-25-33-38-44-50-56-62-68-83(88)100-79(72-94-81(86)66-60-54-48-40-18-16-14-12-8-2)74-98-102(90,91)96-70-78(85)71-97-103(92,93)99-75-80(101-84(89)69-63-57-51-45-39-34-29-27-31-36-42-47-53-59-65-77(6)10-4)73-95-82(87)67-61-55-49-43-37-32-28-26-30-35-41-46-52-58-64-76(5)9-3/h76-80,85H,7-75H2,1-6H3,(H,90,91)(H,92,93)/t76?,77?,78-,79+,80+/m0/s1. The van der Waals surface area contributed by atoms with Crippen molar-refractivity contribution >= 4 is 39.5 Å². The molecule has 19 heteroatoms. The fraction of sp³-hybridized carbons (Fsp3) is 0.952. The first-order valence-electron chi connectivity index (χ1n) is 43.6. The van der Waals surface area contributed by atoms with Crippen molar-refractivity contribution < 1.29 is 80.2 Å². The summed E-state index contributed by atoms with van der Waals surface area (Å²) in [6, 6.07) is 0. The van der Waals surface area contributed by atoms with Crippen LogP contribution in [0.2, 0.25) is 0 Å². The fourth-order valence-electron chi connectivity index (χ4n) is 13.0. The summed E-state index contributed by atoms with van der Waals surface area (Å²) in [7, 11) is -9.92. The van der Waals surface area contributed by atoms with Gasteiger partial charge in [0.05, 0.1) is 26.4 Å². The minimum atomic E-state index is -4.96. The number of esters is 4. The van der Waals surface area contributed by atoms with Crippen LogP contribution in [0.25, 0.3) is 0 Å². The number of hydrogen-bond donors (Lipinski definition) is 3. The third-order valence-electron chi connectivity index (χ3n) is 20.4. The lowest BCUT2D eigenvalue weighted by Crippen LogP contribution is -2.30. The van der Waals surface area contributed by atoms with Crippen LogP contribution in [0.4, 0.5) is 0 Å².